The second kappa shape index (κ2) is 4.87. The highest BCUT2D eigenvalue weighted by atomic mass is 28.4. The highest BCUT2D eigenvalue weighted by Crippen LogP contribution is 2.45. The number of Topliss-reactive ketones (excluding diaryl/α,β-unsaturated/α-hetero) is 1. The first kappa shape index (κ1) is 16.6. The number of carbonyl (C=O) groups excluding carboxylic acids is 2. The number of ether oxygens (including phenoxy) is 2. The summed E-state index contributed by atoms with van der Waals surface area (Å²) in [5.74, 6) is -1.56. The van der Waals surface area contributed by atoms with E-state index in [1.165, 1.54) is 0 Å². The summed E-state index contributed by atoms with van der Waals surface area (Å²) in [5.41, 5.74) is -2.15. The normalized spacial score (nSPS) is 36.1. The molecule has 21 heavy (non-hydrogen) atoms. The molecule has 1 heterocycles. The van der Waals surface area contributed by atoms with Crippen molar-refractivity contribution in [3.8, 4) is 0 Å². The lowest BCUT2D eigenvalue weighted by Crippen LogP contribution is -2.58. The Morgan fingerprint density at radius 3 is 2.48 bits per heavy atom. The molecule has 1 N–H and O–H groups in total. The zero-order chi connectivity index (χ0) is 16.2. The molecule has 7 heteroatoms. The quantitative estimate of drug-likeness (QED) is 0.362. The van der Waals surface area contributed by atoms with E-state index in [9.17, 15) is 14.7 Å². The molecule has 2 rings (SSSR count). The fraction of sp³-hybridized carbons (Fsp3) is 0.857. The summed E-state index contributed by atoms with van der Waals surface area (Å²) in [6.45, 7) is 10.5. The number of carbonyl (C=O) groups is 2. The Balaban J connectivity index is 2.20. The van der Waals surface area contributed by atoms with Gasteiger partial charge >= 0.3 is 5.97 Å². The van der Waals surface area contributed by atoms with Crippen molar-refractivity contribution in [2.75, 3.05) is 7.11 Å². The maximum Gasteiger partial charge on any atom is 0.345 e. The monoisotopic (exact) mass is 316 g/mol. The first-order valence-electron chi connectivity index (χ1n) is 7.12. The third kappa shape index (κ3) is 2.67. The zero-order valence-electron chi connectivity index (χ0n) is 13.4. The van der Waals surface area contributed by atoms with E-state index in [2.05, 4.69) is 38.6 Å². The molecular weight excluding hydrogens is 292 g/mol. The Labute approximate surface area is 125 Å². The van der Waals surface area contributed by atoms with Gasteiger partial charge in [-0.2, -0.15) is 0 Å². The Morgan fingerprint density at radius 2 is 2.00 bits per heavy atom. The summed E-state index contributed by atoms with van der Waals surface area (Å²) in [7, 11) is -0.942. The Kier molecular flexibility index (Phi) is 3.85. The number of rotatable bonds is 3. The lowest BCUT2D eigenvalue weighted by atomic mass is 9.82. The molecule has 6 nitrogen and oxygen atoms in total. The molecule has 0 amide bonds. The topological polar surface area (TPSA) is 85.4 Å². The number of hydrogen-bond donors (Lipinski definition) is 1. The van der Waals surface area contributed by atoms with Crippen molar-refractivity contribution < 1.29 is 28.6 Å². The van der Waals surface area contributed by atoms with Crippen LogP contribution in [0.15, 0.2) is 0 Å². The summed E-state index contributed by atoms with van der Waals surface area (Å²) in [5, 5.41) is 10.4. The van der Waals surface area contributed by atoms with Crippen molar-refractivity contribution in [3.05, 3.63) is 0 Å². The molecule has 0 radical (unpaired) electrons. The fourth-order valence-corrected chi connectivity index (χ4v) is 3.71. The van der Waals surface area contributed by atoms with Gasteiger partial charge in [-0.05, 0) is 18.1 Å². The highest BCUT2D eigenvalue weighted by Gasteiger charge is 2.66. The lowest BCUT2D eigenvalue weighted by Gasteiger charge is -2.41. The summed E-state index contributed by atoms with van der Waals surface area (Å²) < 4.78 is 16.1. The van der Waals surface area contributed by atoms with Crippen LogP contribution in [-0.2, 0) is 23.5 Å². The number of epoxide rings is 1. The lowest BCUT2D eigenvalue weighted by molar-refractivity contribution is -0.173. The van der Waals surface area contributed by atoms with Crippen LogP contribution < -0.4 is 0 Å². The third-order valence-electron chi connectivity index (χ3n) is 4.83. The van der Waals surface area contributed by atoms with Crippen LogP contribution >= 0.6 is 0 Å². The summed E-state index contributed by atoms with van der Waals surface area (Å²) in [4.78, 5) is 23.9. The molecule has 0 aromatic rings. The van der Waals surface area contributed by atoms with Gasteiger partial charge < -0.3 is 19.0 Å². The van der Waals surface area contributed by atoms with Crippen LogP contribution in [0.4, 0.5) is 0 Å². The van der Waals surface area contributed by atoms with Gasteiger partial charge in [-0.1, -0.05) is 20.8 Å². The maximum atomic E-state index is 12.1. The minimum atomic E-state index is -2.15. The average molecular weight is 316 g/mol. The van der Waals surface area contributed by atoms with Crippen molar-refractivity contribution in [2.24, 2.45) is 0 Å². The van der Waals surface area contributed by atoms with Gasteiger partial charge in [0, 0.05) is 6.42 Å². The van der Waals surface area contributed by atoms with Crippen molar-refractivity contribution in [1.82, 2.24) is 0 Å². The predicted molar refractivity (Wildman–Crippen MR) is 77.3 cm³/mol. The molecular formula is C14H24O6Si. The SMILES string of the molecule is COC(=O)[C@@]1(O)C[C@@H](O[Si](C)(C)C(C)(C)C)[C@@H]2O[C@@H]2C1=O. The molecule has 0 aromatic carbocycles. The van der Waals surface area contributed by atoms with Gasteiger partial charge in [-0.15, -0.1) is 0 Å². The van der Waals surface area contributed by atoms with E-state index in [-0.39, 0.29) is 17.6 Å². The molecule has 1 aliphatic heterocycles. The number of ketones is 1. The van der Waals surface area contributed by atoms with Crippen LogP contribution in [0.1, 0.15) is 27.2 Å². The van der Waals surface area contributed by atoms with Gasteiger partial charge in [-0.25, -0.2) is 4.79 Å². The average Bonchev–Trinajstić information content (AvgIpc) is 3.13. The van der Waals surface area contributed by atoms with Crippen molar-refractivity contribution in [2.45, 2.75) is 69.2 Å². The van der Waals surface area contributed by atoms with E-state index >= 15 is 0 Å². The minimum Gasteiger partial charge on any atom is -0.467 e. The van der Waals surface area contributed by atoms with Crippen LogP contribution in [0.2, 0.25) is 18.1 Å². The highest BCUT2D eigenvalue weighted by molar-refractivity contribution is 6.74. The van der Waals surface area contributed by atoms with E-state index in [4.69, 9.17) is 9.16 Å². The largest absolute Gasteiger partial charge is 0.467 e. The summed E-state index contributed by atoms with van der Waals surface area (Å²) in [6, 6.07) is 0. The predicted octanol–water partition coefficient (Wildman–Crippen LogP) is 1.02. The minimum absolute atomic E-state index is 0.0117. The number of hydrogen-bond acceptors (Lipinski definition) is 6. The number of aliphatic hydroxyl groups is 1. The van der Waals surface area contributed by atoms with Crippen LogP contribution in [0, 0.1) is 0 Å². The summed E-state index contributed by atoms with van der Waals surface area (Å²) >= 11 is 0. The standard InChI is InChI=1S/C14H24O6Si/c1-13(2,3)21(5,6)20-8-7-14(17,12(16)18-4)11(15)10-9(8)19-10/h8-10,17H,7H2,1-6H3/t8-,9+,10+,14-/m1/s1. The molecule has 1 aliphatic carbocycles. The van der Waals surface area contributed by atoms with Gasteiger partial charge in [0.25, 0.3) is 0 Å². The van der Waals surface area contributed by atoms with E-state index in [1.54, 1.807) is 0 Å². The first-order valence-corrected chi connectivity index (χ1v) is 10.0. The molecule has 1 saturated carbocycles. The molecule has 1 saturated heterocycles. The summed E-state index contributed by atoms with van der Waals surface area (Å²) in [6.07, 6.45) is -1.67. The van der Waals surface area contributed by atoms with Gasteiger partial charge in [0.15, 0.2) is 8.32 Å². The van der Waals surface area contributed by atoms with Crippen LogP contribution in [0.3, 0.4) is 0 Å². The fourth-order valence-electron chi connectivity index (χ4n) is 2.38. The van der Waals surface area contributed by atoms with Crippen molar-refractivity contribution >= 4 is 20.1 Å². The molecule has 0 unspecified atom stereocenters. The van der Waals surface area contributed by atoms with E-state index in [1.807, 2.05) is 0 Å². The molecule has 0 spiro atoms. The van der Waals surface area contributed by atoms with E-state index in [0.29, 0.717) is 0 Å². The molecule has 2 fully saturated rings. The van der Waals surface area contributed by atoms with Gasteiger partial charge in [0.1, 0.15) is 12.2 Å². The van der Waals surface area contributed by atoms with Gasteiger partial charge in [0.05, 0.1) is 13.2 Å². The smallest absolute Gasteiger partial charge is 0.345 e. The first-order chi connectivity index (χ1) is 9.44. The molecule has 2 aliphatic rings. The van der Waals surface area contributed by atoms with E-state index < -0.39 is 37.9 Å². The zero-order valence-corrected chi connectivity index (χ0v) is 14.4. The van der Waals surface area contributed by atoms with Crippen molar-refractivity contribution in [3.63, 3.8) is 0 Å². The molecule has 120 valence electrons. The molecule has 4 atom stereocenters. The molecule has 0 bridgehead atoms. The number of fused-ring (bicyclic) bond motifs is 1. The van der Waals surface area contributed by atoms with Crippen LogP contribution in [0.25, 0.3) is 0 Å². The second-order valence-electron chi connectivity index (χ2n) is 7.36. The van der Waals surface area contributed by atoms with Gasteiger partial charge in [0.2, 0.25) is 11.4 Å². The Bertz CT molecular complexity index is 469. The number of esters is 1. The van der Waals surface area contributed by atoms with Gasteiger partial charge in [-0.3, -0.25) is 4.79 Å². The molecule has 0 aromatic heterocycles. The van der Waals surface area contributed by atoms with Crippen LogP contribution in [0.5, 0.6) is 0 Å². The maximum absolute atomic E-state index is 12.1. The third-order valence-corrected chi connectivity index (χ3v) is 9.33. The van der Waals surface area contributed by atoms with Crippen LogP contribution in [-0.4, -0.2) is 56.2 Å². The van der Waals surface area contributed by atoms with Crippen molar-refractivity contribution in [1.29, 1.82) is 0 Å². The Morgan fingerprint density at radius 1 is 1.43 bits per heavy atom. The van der Waals surface area contributed by atoms with E-state index in [0.717, 1.165) is 7.11 Å². The second-order valence-corrected chi connectivity index (χ2v) is 12.1. The number of methoxy groups -OCH3 is 1. The Hall–Kier alpha value is -0.763.